The van der Waals surface area contributed by atoms with Crippen molar-refractivity contribution >= 4 is 35.2 Å². The summed E-state index contributed by atoms with van der Waals surface area (Å²) in [5, 5.41) is 0. The van der Waals surface area contributed by atoms with E-state index in [1.165, 1.54) is 11.1 Å². The summed E-state index contributed by atoms with van der Waals surface area (Å²) >= 11 is 0. The maximum atomic E-state index is 5.53. The molecule has 0 aliphatic carbocycles. The topological polar surface area (TPSA) is 26.0 Å². The van der Waals surface area contributed by atoms with E-state index in [4.69, 9.17) is 5.73 Å². The SMILES string of the molecule is Cc1ccc(N)cc1C.[NaH]. The Kier molecular flexibility index (Phi) is 4.02. The predicted octanol–water partition coefficient (Wildman–Crippen LogP) is 1.24. The van der Waals surface area contributed by atoms with E-state index in [0.29, 0.717) is 0 Å². The van der Waals surface area contributed by atoms with Crippen molar-refractivity contribution in [2.45, 2.75) is 13.8 Å². The molecule has 0 spiro atoms. The Balaban J connectivity index is 0.000000810. The van der Waals surface area contributed by atoms with Gasteiger partial charge in [0, 0.05) is 5.69 Å². The summed E-state index contributed by atoms with van der Waals surface area (Å²) in [6.45, 7) is 4.14. The number of hydrogen-bond acceptors (Lipinski definition) is 1. The van der Waals surface area contributed by atoms with Gasteiger partial charge in [-0.15, -0.1) is 0 Å². The Morgan fingerprint density at radius 2 is 1.70 bits per heavy atom. The molecular formula is C8H12NNa. The number of nitrogen functional groups attached to an aromatic ring is 1. The van der Waals surface area contributed by atoms with Crippen LogP contribution in [0.3, 0.4) is 0 Å². The van der Waals surface area contributed by atoms with Crippen LogP contribution in [-0.2, 0) is 0 Å². The summed E-state index contributed by atoms with van der Waals surface area (Å²) in [4.78, 5) is 0. The molecule has 1 nitrogen and oxygen atoms in total. The standard InChI is InChI=1S/C8H11N.Na.H/c1-6-3-4-8(9)5-7(6)2;;/h3-5H,9H2,1-2H3;;. The third kappa shape index (κ3) is 2.33. The predicted molar refractivity (Wildman–Crippen MR) is 47.5 cm³/mol. The molecule has 0 atom stereocenters. The number of rotatable bonds is 0. The normalized spacial score (nSPS) is 8.60. The van der Waals surface area contributed by atoms with Crippen molar-refractivity contribution in [1.82, 2.24) is 0 Å². The van der Waals surface area contributed by atoms with Crippen LogP contribution in [0.5, 0.6) is 0 Å². The van der Waals surface area contributed by atoms with Crippen LogP contribution in [0.15, 0.2) is 18.2 Å². The van der Waals surface area contributed by atoms with Crippen LogP contribution < -0.4 is 5.73 Å². The summed E-state index contributed by atoms with van der Waals surface area (Å²) in [5.41, 5.74) is 8.93. The van der Waals surface area contributed by atoms with E-state index in [0.717, 1.165) is 5.69 Å². The average molecular weight is 145 g/mol. The molecule has 0 amide bonds. The van der Waals surface area contributed by atoms with Crippen LogP contribution in [0, 0.1) is 13.8 Å². The van der Waals surface area contributed by atoms with Gasteiger partial charge in [-0.05, 0) is 37.1 Å². The fraction of sp³-hybridized carbons (Fsp3) is 0.250. The first-order valence-corrected chi connectivity index (χ1v) is 3.03. The molecule has 1 rings (SSSR count). The van der Waals surface area contributed by atoms with Crippen LogP contribution in [0.25, 0.3) is 0 Å². The van der Waals surface area contributed by atoms with Crippen LogP contribution in [0.1, 0.15) is 11.1 Å². The summed E-state index contributed by atoms with van der Waals surface area (Å²) in [7, 11) is 0. The fourth-order valence-corrected chi connectivity index (χ4v) is 0.765. The van der Waals surface area contributed by atoms with Gasteiger partial charge in [0.2, 0.25) is 0 Å². The first-order valence-electron chi connectivity index (χ1n) is 3.03. The Bertz CT molecular complexity index is 220. The van der Waals surface area contributed by atoms with E-state index in [-0.39, 0.29) is 29.6 Å². The van der Waals surface area contributed by atoms with Gasteiger partial charge in [-0.3, -0.25) is 0 Å². The molecule has 0 saturated heterocycles. The molecule has 1 aromatic rings. The monoisotopic (exact) mass is 145 g/mol. The molecule has 2 heteroatoms. The van der Waals surface area contributed by atoms with Crippen molar-refractivity contribution in [2.24, 2.45) is 0 Å². The van der Waals surface area contributed by atoms with E-state index >= 15 is 0 Å². The Morgan fingerprint density at radius 3 is 2.10 bits per heavy atom. The zero-order valence-electron chi connectivity index (χ0n) is 5.81. The molecule has 10 heavy (non-hydrogen) atoms. The summed E-state index contributed by atoms with van der Waals surface area (Å²) < 4.78 is 0. The van der Waals surface area contributed by atoms with Crippen molar-refractivity contribution in [3.63, 3.8) is 0 Å². The average Bonchev–Trinajstić information content (AvgIpc) is 1.80. The molecular weight excluding hydrogens is 133 g/mol. The number of hydrogen-bond donors (Lipinski definition) is 1. The van der Waals surface area contributed by atoms with Crippen LogP contribution >= 0.6 is 0 Å². The maximum absolute atomic E-state index is 5.53. The van der Waals surface area contributed by atoms with Gasteiger partial charge in [0.1, 0.15) is 0 Å². The van der Waals surface area contributed by atoms with E-state index < -0.39 is 0 Å². The fourth-order valence-electron chi connectivity index (χ4n) is 0.765. The summed E-state index contributed by atoms with van der Waals surface area (Å²) in [5.74, 6) is 0. The summed E-state index contributed by atoms with van der Waals surface area (Å²) in [6.07, 6.45) is 0. The first-order chi connectivity index (χ1) is 4.20. The minimum atomic E-state index is 0. The molecule has 0 fully saturated rings. The summed E-state index contributed by atoms with van der Waals surface area (Å²) in [6, 6.07) is 5.93. The Morgan fingerprint density at radius 1 is 1.10 bits per heavy atom. The Labute approximate surface area is 83.9 Å². The number of benzene rings is 1. The second-order valence-electron chi connectivity index (χ2n) is 2.34. The third-order valence-corrected chi connectivity index (χ3v) is 1.53. The molecule has 0 saturated carbocycles. The molecule has 0 aromatic heterocycles. The van der Waals surface area contributed by atoms with Crippen molar-refractivity contribution < 1.29 is 0 Å². The molecule has 0 aliphatic rings. The number of aryl methyl sites for hydroxylation is 2. The molecule has 0 radical (unpaired) electrons. The van der Waals surface area contributed by atoms with Gasteiger partial charge in [0.15, 0.2) is 0 Å². The first kappa shape index (κ1) is 10.0. The van der Waals surface area contributed by atoms with Gasteiger partial charge in [-0.25, -0.2) is 0 Å². The second-order valence-corrected chi connectivity index (χ2v) is 2.34. The van der Waals surface area contributed by atoms with Crippen molar-refractivity contribution in [3.8, 4) is 0 Å². The Hall–Kier alpha value is 0.0200. The van der Waals surface area contributed by atoms with Crippen LogP contribution in [0.2, 0.25) is 0 Å². The molecule has 0 aliphatic heterocycles. The van der Waals surface area contributed by atoms with E-state index in [1.807, 2.05) is 18.2 Å². The van der Waals surface area contributed by atoms with Crippen molar-refractivity contribution in [3.05, 3.63) is 29.3 Å². The number of anilines is 1. The molecule has 50 valence electrons. The van der Waals surface area contributed by atoms with Gasteiger partial charge in [0.25, 0.3) is 0 Å². The molecule has 0 bridgehead atoms. The molecule has 2 N–H and O–H groups in total. The zero-order chi connectivity index (χ0) is 6.85. The minimum absolute atomic E-state index is 0. The van der Waals surface area contributed by atoms with E-state index in [9.17, 15) is 0 Å². The van der Waals surface area contributed by atoms with Gasteiger partial charge < -0.3 is 5.73 Å². The quantitative estimate of drug-likeness (QED) is 0.431. The van der Waals surface area contributed by atoms with E-state index in [2.05, 4.69) is 13.8 Å². The zero-order valence-corrected chi connectivity index (χ0v) is 5.81. The molecule has 0 unspecified atom stereocenters. The van der Waals surface area contributed by atoms with Gasteiger partial charge in [-0.1, -0.05) is 6.07 Å². The van der Waals surface area contributed by atoms with Crippen molar-refractivity contribution in [1.29, 1.82) is 0 Å². The van der Waals surface area contributed by atoms with E-state index in [1.54, 1.807) is 0 Å². The van der Waals surface area contributed by atoms with Crippen molar-refractivity contribution in [2.75, 3.05) is 5.73 Å². The number of nitrogens with two attached hydrogens (primary N) is 1. The third-order valence-electron chi connectivity index (χ3n) is 1.53. The van der Waals surface area contributed by atoms with Gasteiger partial charge in [-0.2, -0.15) is 0 Å². The van der Waals surface area contributed by atoms with Gasteiger partial charge in [0.05, 0.1) is 0 Å². The molecule has 1 aromatic carbocycles. The van der Waals surface area contributed by atoms with Gasteiger partial charge >= 0.3 is 29.6 Å². The second kappa shape index (κ2) is 4.02. The van der Waals surface area contributed by atoms with Crippen LogP contribution in [-0.4, -0.2) is 29.6 Å². The molecule has 0 heterocycles. The van der Waals surface area contributed by atoms with Crippen LogP contribution in [0.4, 0.5) is 5.69 Å².